The minimum atomic E-state index is -1.75. The van der Waals surface area contributed by atoms with Gasteiger partial charge in [0, 0.05) is 18.5 Å². The molecule has 1 saturated heterocycles. The van der Waals surface area contributed by atoms with Gasteiger partial charge in [0.15, 0.2) is 0 Å². The highest BCUT2D eigenvalue weighted by Gasteiger charge is 2.51. The third-order valence-corrected chi connectivity index (χ3v) is 3.11. The van der Waals surface area contributed by atoms with Crippen molar-refractivity contribution in [1.29, 1.82) is 0 Å². The van der Waals surface area contributed by atoms with Crippen molar-refractivity contribution < 1.29 is 19.8 Å². The summed E-state index contributed by atoms with van der Waals surface area (Å²) in [4.78, 5) is 30.4. The van der Waals surface area contributed by atoms with E-state index in [0.29, 0.717) is 0 Å². The molecule has 1 aliphatic heterocycles. The van der Waals surface area contributed by atoms with Gasteiger partial charge in [-0.25, -0.2) is 9.36 Å². The summed E-state index contributed by atoms with van der Waals surface area (Å²) >= 11 is 0. The van der Waals surface area contributed by atoms with Crippen LogP contribution in [0.15, 0.2) is 20.9 Å². The second kappa shape index (κ2) is 5.19. The molecule has 1 aromatic rings. The van der Waals surface area contributed by atoms with Crippen molar-refractivity contribution in [2.45, 2.75) is 31.5 Å². The number of ether oxygens (including phenoxy) is 1. The van der Waals surface area contributed by atoms with Gasteiger partial charge in [0.2, 0.25) is 0 Å². The Morgan fingerprint density at radius 3 is 2.95 bits per heavy atom. The first-order chi connectivity index (χ1) is 9.43. The van der Waals surface area contributed by atoms with E-state index in [1.165, 1.54) is 13.1 Å². The van der Waals surface area contributed by atoms with Crippen molar-refractivity contribution >= 4 is 6.72 Å². The topological polar surface area (TPSA) is 126 Å². The Morgan fingerprint density at radius 1 is 1.70 bits per heavy atom. The summed E-state index contributed by atoms with van der Waals surface area (Å²) in [6.07, 6.45) is -0.904. The van der Waals surface area contributed by atoms with E-state index >= 15 is 0 Å². The van der Waals surface area contributed by atoms with Crippen molar-refractivity contribution in [3.8, 4) is 0 Å². The highest BCUT2D eigenvalue weighted by molar-refractivity contribution is 5.21. The van der Waals surface area contributed by atoms with Gasteiger partial charge in [-0.15, -0.1) is 0 Å². The van der Waals surface area contributed by atoms with Crippen LogP contribution in [-0.2, 0) is 15.5 Å². The Labute approximate surface area is 113 Å². The molecule has 0 saturated carbocycles. The summed E-state index contributed by atoms with van der Waals surface area (Å²) in [7, 11) is 0. The average molecular weight is 285 g/mol. The van der Waals surface area contributed by atoms with Gasteiger partial charge >= 0.3 is 11.6 Å². The quantitative estimate of drug-likeness (QED) is 0.444. The second-order valence-electron chi connectivity index (χ2n) is 4.48. The lowest BCUT2D eigenvalue weighted by Gasteiger charge is -2.27. The van der Waals surface area contributed by atoms with Gasteiger partial charge in [0.05, 0.1) is 19.1 Å². The minimum absolute atomic E-state index is 0.150. The number of aromatic amines is 1. The zero-order chi connectivity index (χ0) is 14.9. The van der Waals surface area contributed by atoms with Crippen LogP contribution in [0.3, 0.4) is 0 Å². The monoisotopic (exact) mass is 285 g/mol. The summed E-state index contributed by atoms with van der Waals surface area (Å²) in [6, 6.07) is 0. The number of nitrogens with zero attached hydrogens (tertiary/aromatic N) is 2. The zero-order valence-electron chi connectivity index (χ0n) is 10.8. The number of hydrogen-bond acceptors (Lipinski definition) is 7. The predicted molar refractivity (Wildman–Crippen MR) is 67.3 cm³/mol. The Bertz CT molecular complexity index is 623. The van der Waals surface area contributed by atoms with Crippen LogP contribution in [0.2, 0.25) is 0 Å². The van der Waals surface area contributed by atoms with E-state index in [4.69, 9.17) is 14.7 Å². The predicted octanol–water partition coefficient (Wildman–Crippen LogP) is -1.77. The van der Waals surface area contributed by atoms with Crippen molar-refractivity contribution in [3.05, 3.63) is 32.6 Å². The fourth-order valence-electron chi connectivity index (χ4n) is 2.10. The van der Waals surface area contributed by atoms with Crippen molar-refractivity contribution in [2.24, 2.45) is 5.16 Å². The smallest absolute Gasteiger partial charge is 0.333 e. The number of aromatic nitrogens is 2. The summed E-state index contributed by atoms with van der Waals surface area (Å²) in [5, 5.41) is 22.2. The number of aliphatic hydroxyl groups excluding tert-OH is 2. The number of nitrogens with one attached hydrogen (secondary N) is 1. The van der Waals surface area contributed by atoms with Crippen molar-refractivity contribution in [2.75, 3.05) is 6.61 Å². The van der Waals surface area contributed by atoms with Crippen molar-refractivity contribution in [3.63, 3.8) is 0 Å². The standard InChI is InChI=1S/C11H15N3O6/c1-6-4-14(10(18)13-9(6)17)11(20-12-2)3-7(16)8(5-15)19-11/h4,7-8,15-16H,2-3,5H2,1H3,(H,13,17,18)/t7-,8+,11-/m0/s1. The van der Waals surface area contributed by atoms with E-state index < -0.39 is 36.0 Å². The van der Waals surface area contributed by atoms with Gasteiger partial charge < -0.3 is 19.8 Å². The van der Waals surface area contributed by atoms with E-state index in [2.05, 4.69) is 16.9 Å². The maximum atomic E-state index is 11.9. The number of H-pyrrole nitrogens is 1. The molecule has 0 radical (unpaired) electrons. The Balaban J connectivity index is 2.55. The van der Waals surface area contributed by atoms with Crippen LogP contribution in [0.4, 0.5) is 0 Å². The van der Waals surface area contributed by atoms with Crippen LogP contribution in [-0.4, -0.2) is 45.3 Å². The molecular weight excluding hydrogens is 270 g/mol. The lowest BCUT2D eigenvalue weighted by molar-refractivity contribution is -0.288. The molecule has 1 aromatic heterocycles. The van der Waals surface area contributed by atoms with Gasteiger partial charge in [-0.2, -0.15) is 0 Å². The van der Waals surface area contributed by atoms with Gasteiger partial charge in [-0.1, -0.05) is 5.16 Å². The van der Waals surface area contributed by atoms with E-state index in [1.807, 2.05) is 0 Å². The molecule has 110 valence electrons. The van der Waals surface area contributed by atoms with Crippen LogP contribution >= 0.6 is 0 Å². The molecular formula is C11H15N3O6. The van der Waals surface area contributed by atoms with Gasteiger partial charge in [-0.05, 0) is 6.92 Å². The summed E-state index contributed by atoms with van der Waals surface area (Å²) in [5.74, 6) is -1.75. The summed E-state index contributed by atoms with van der Waals surface area (Å²) in [6.45, 7) is 4.20. The van der Waals surface area contributed by atoms with Crippen molar-refractivity contribution in [1.82, 2.24) is 9.55 Å². The third-order valence-electron chi connectivity index (χ3n) is 3.11. The van der Waals surface area contributed by atoms with E-state index in [9.17, 15) is 14.7 Å². The molecule has 2 rings (SSSR count). The van der Waals surface area contributed by atoms with Crippen LogP contribution in [0.5, 0.6) is 0 Å². The van der Waals surface area contributed by atoms with Crippen LogP contribution in [0, 0.1) is 6.92 Å². The molecule has 1 aliphatic rings. The highest BCUT2D eigenvalue weighted by atomic mass is 16.8. The average Bonchev–Trinajstić information content (AvgIpc) is 2.71. The summed E-state index contributed by atoms with van der Waals surface area (Å²) < 4.78 is 6.37. The van der Waals surface area contributed by atoms with E-state index in [0.717, 1.165) is 4.57 Å². The molecule has 3 atom stereocenters. The number of hydrogen-bond donors (Lipinski definition) is 3. The first-order valence-corrected chi connectivity index (χ1v) is 5.87. The SMILES string of the molecule is C=NO[C@]1(n2cc(C)c(=O)[nH]c2=O)C[C@H](O)[C@@H](CO)O1. The Morgan fingerprint density at radius 2 is 2.40 bits per heavy atom. The Kier molecular flexibility index (Phi) is 3.75. The fraction of sp³-hybridized carbons (Fsp3) is 0.545. The molecule has 0 aliphatic carbocycles. The maximum Gasteiger partial charge on any atom is 0.333 e. The zero-order valence-corrected chi connectivity index (χ0v) is 10.8. The minimum Gasteiger partial charge on any atom is -0.394 e. The third kappa shape index (κ3) is 2.26. The van der Waals surface area contributed by atoms with Gasteiger partial charge in [0.25, 0.3) is 5.56 Å². The van der Waals surface area contributed by atoms with E-state index in [-0.39, 0.29) is 12.0 Å². The molecule has 9 nitrogen and oxygen atoms in total. The maximum absolute atomic E-state index is 11.9. The highest BCUT2D eigenvalue weighted by Crippen LogP contribution is 2.35. The largest absolute Gasteiger partial charge is 0.394 e. The van der Waals surface area contributed by atoms with Crippen LogP contribution < -0.4 is 11.2 Å². The molecule has 0 spiro atoms. The number of aliphatic hydroxyl groups is 2. The number of oxime groups is 1. The van der Waals surface area contributed by atoms with Crippen LogP contribution in [0.1, 0.15) is 12.0 Å². The molecule has 20 heavy (non-hydrogen) atoms. The molecule has 0 bridgehead atoms. The summed E-state index contributed by atoms with van der Waals surface area (Å²) in [5.41, 5.74) is -1.07. The van der Waals surface area contributed by atoms with Gasteiger partial charge in [0.1, 0.15) is 6.10 Å². The fourth-order valence-corrected chi connectivity index (χ4v) is 2.10. The molecule has 1 fully saturated rings. The lowest BCUT2D eigenvalue weighted by atomic mass is 10.1. The first kappa shape index (κ1) is 14.4. The molecule has 0 aromatic carbocycles. The normalized spacial score (nSPS) is 29.4. The second-order valence-corrected chi connectivity index (χ2v) is 4.48. The van der Waals surface area contributed by atoms with Gasteiger partial charge in [-0.3, -0.25) is 9.78 Å². The Hall–Kier alpha value is -1.97. The molecule has 3 N–H and O–H groups in total. The number of rotatable bonds is 4. The first-order valence-electron chi connectivity index (χ1n) is 5.87. The lowest BCUT2D eigenvalue weighted by Crippen LogP contribution is -2.46. The molecule has 0 unspecified atom stereocenters. The molecule has 9 heteroatoms. The molecule has 0 amide bonds. The van der Waals surface area contributed by atoms with E-state index in [1.54, 1.807) is 0 Å². The molecule has 2 heterocycles. The number of aryl methyl sites for hydroxylation is 1. The van der Waals surface area contributed by atoms with Crippen LogP contribution in [0.25, 0.3) is 0 Å².